The van der Waals surface area contributed by atoms with Crippen molar-refractivity contribution in [3.63, 3.8) is 0 Å². The van der Waals surface area contributed by atoms with Crippen molar-refractivity contribution >= 4 is 0 Å². The zero-order valence-corrected chi connectivity index (χ0v) is 7.75. The third-order valence-electron chi connectivity index (χ3n) is 1.33. The Bertz CT molecular complexity index is 110. The Morgan fingerprint density at radius 1 is 1.18 bits per heavy atom. The summed E-state index contributed by atoms with van der Waals surface area (Å²) in [5.74, 6) is 0. The van der Waals surface area contributed by atoms with E-state index in [2.05, 4.69) is 18.1 Å². The first-order valence-corrected chi connectivity index (χ1v) is 3.92. The van der Waals surface area contributed by atoms with Crippen LogP contribution in [0.3, 0.4) is 0 Å². The van der Waals surface area contributed by atoms with Crippen molar-refractivity contribution in [2.75, 3.05) is 34.2 Å². The van der Waals surface area contributed by atoms with E-state index in [1.807, 2.05) is 25.2 Å². The lowest BCUT2D eigenvalue weighted by atomic mass is 10.4. The molecular weight excluding hydrogens is 138 g/mol. The molecule has 0 aliphatic heterocycles. The van der Waals surface area contributed by atoms with Crippen molar-refractivity contribution in [1.29, 1.82) is 0 Å². The Hall–Kier alpha value is -0.700. The lowest BCUT2D eigenvalue weighted by Gasteiger charge is -2.14. The Morgan fingerprint density at radius 3 is 2.27 bits per heavy atom. The van der Waals surface area contributed by atoms with Crippen LogP contribution in [0.4, 0.5) is 0 Å². The lowest BCUT2D eigenvalue weighted by Crippen LogP contribution is -2.16. The quantitative estimate of drug-likeness (QED) is 0.623. The molecule has 0 radical (unpaired) electrons. The van der Waals surface area contributed by atoms with Gasteiger partial charge in [0.1, 0.15) is 0 Å². The van der Waals surface area contributed by atoms with Gasteiger partial charge in [0.2, 0.25) is 0 Å². The van der Waals surface area contributed by atoms with Crippen molar-refractivity contribution in [3.05, 3.63) is 12.4 Å². The maximum atomic E-state index is 5.37. The summed E-state index contributed by atoms with van der Waals surface area (Å²) in [7, 11) is 6.07. The molecule has 0 amide bonds. The smallest absolute Gasteiger partial charge is 0.0181 e. The standard InChI is InChI=1S/C8H19N3/c1-10(2)7-8-11(3)6-4-5-9/h7-8H,4-6,9H2,1-3H3/b8-7-. The Labute approximate surface area is 69.5 Å². The molecular formula is C8H19N3. The molecule has 0 aromatic heterocycles. The second-order valence-corrected chi connectivity index (χ2v) is 2.88. The van der Waals surface area contributed by atoms with Gasteiger partial charge in [0.25, 0.3) is 0 Å². The first-order valence-electron chi connectivity index (χ1n) is 3.92. The summed E-state index contributed by atoms with van der Waals surface area (Å²) in [6.45, 7) is 1.79. The van der Waals surface area contributed by atoms with Crippen molar-refractivity contribution < 1.29 is 0 Å². The number of hydrogen-bond donors (Lipinski definition) is 1. The van der Waals surface area contributed by atoms with Gasteiger partial charge < -0.3 is 15.5 Å². The molecule has 11 heavy (non-hydrogen) atoms. The van der Waals surface area contributed by atoms with E-state index in [0.717, 1.165) is 19.5 Å². The minimum Gasteiger partial charge on any atom is -0.382 e. The number of hydrogen-bond acceptors (Lipinski definition) is 3. The minimum atomic E-state index is 0.764. The Morgan fingerprint density at radius 2 is 1.82 bits per heavy atom. The summed E-state index contributed by atoms with van der Waals surface area (Å²) in [6.07, 6.45) is 5.13. The Balaban J connectivity index is 3.42. The molecule has 3 nitrogen and oxygen atoms in total. The van der Waals surface area contributed by atoms with Gasteiger partial charge in [0, 0.05) is 40.1 Å². The van der Waals surface area contributed by atoms with Crippen LogP contribution in [-0.2, 0) is 0 Å². The largest absolute Gasteiger partial charge is 0.382 e. The predicted molar refractivity (Wildman–Crippen MR) is 49.1 cm³/mol. The summed E-state index contributed by atoms with van der Waals surface area (Å²) in [5.41, 5.74) is 5.37. The fourth-order valence-corrected chi connectivity index (χ4v) is 0.662. The molecule has 3 heteroatoms. The molecule has 66 valence electrons. The van der Waals surface area contributed by atoms with Gasteiger partial charge >= 0.3 is 0 Å². The van der Waals surface area contributed by atoms with Crippen molar-refractivity contribution in [2.24, 2.45) is 5.73 Å². The summed E-state index contributed by atoms with van der Waals surface area (Å²) < 4.78 is 0. The molecule has 0 aliphatic rings. The first kappa shape index (κ1) is 10.3. The molecule has 0 aliphatic carbocycles. The third kappa shape index (κ3) is 7.19. The highest BCUT2D eigenvalue weighted by Crippen LogP contribution is 1.87. The molecule has 0 unspecified atom stereocenters. The highest BCUT2D eigenvalue weighted by molar-refractivity contribution is 4.77. The fourth-order valence-electron chi connectivity index (χ4n) is 0.662. The number of rotatable bonds is 5. The highest BCUT2D eigenvalue weighted by Gasteiger charge is 1.88. The van der Waals surface area contributed by atoms with Gasteiger partial charge in [-0.1, -0.05) is 0 Å². The van der Waals surface area contributed by atoms with E-state index < -0.39 is 0 Å². The van der Waals surface area contributed by atoms with Gasteiger partial charge in [-0.3, -0.25) is 0 Å². The SMILES string of the molecule is CN(C)/C=C\N(C)CCCN. The zero-order valence-electron chi connectivity index (χ0n) is 7.75. The molecule has 0 heterocycles. The molecule has 0 aromatic rings. The van der Waals surface area contributed by atoms with Gasteiger partial charge in [-0.25, -0.2) is 0 Å². The summed E-state index contributed by atoms with van der Waals surface area (Å²) in [5, 5.41) is 0. The third-order valence-corrected chi connectivity index (χ3v) is 1.33. The second kappa shape index (κ2) is 6.04. The van der Waals surface area contributed by atoms with E-state index in [0.29, 0.717) is 0 Å². The first-order chi connectivity index (χ1) is 5.16. The van der Waals surface area contributed by atoms with E-state index >= 15 is 0 Å². The molecule has 0 fully saturated rings. The van der Waals surface area contributed by atoms with Crippen LogP contribution in [0.2, 0.25) is 0 Å². The molecule has 0 rings (SSSR count). The van der Waals surface area contributed by atoms with Gasteiger partial charge in [-0.2, -0.15) is 0 Å². The van der Waals surface area contributed by atoms with Crippen LogP contribution in [0.5, 0.6) is 0 Å². The van der Waals surface area contributed by atoms with Crippen LogP contribution in [0.15, 0.2) is 12.4 Å². The van der Waals surface area contributed by atoms with Gasteiger partial charge in [0.15, 0.2) is 0 Å². The van der Waals surface area contributed by atoms with Gasteiger partial charge in [-0.05, 0) is 13.0 Å². The highest BCUT2D eigenvalue weighted by atomic mass is 15.1. The van der Waals surface area contributed by atoms with Crippen LogP contribution in [0.25, 0.3) is 0 Å². The maximum Gasteiger partial charge on any atom is 0.0181 e. The summed E-state index contributed by atoms with van der Waals surface area (Å²) >= 11 is 0. The molecule has 0 spiro atoms. The van der Waals surface area contributed by atoms with Crippen molar-refractivity contribution in [2.45, 2.75) is 6.42 Å². The summed E-state index contributed by atoms with van der Waals surface area (Å²) in [6, 6.07) is 0. The topological polar surface area (TPSA) is 32.5 Å². The van der Waals surface area contributed by atoms with Crippen LogP contribution >= 0.6 is 0 Å². The minimum absolute atomic E-state index is 0.764. The fraction of sp³-hybridized carbons (Fsp3) is 0.750. The van der Waals surface area contributed by atoms with Crippen LogP contribution in [0, 0.1) is 0 Å². The molecule has 0 saturated carbocycles. The number of nitrogens with two attached hydrogens (primary N) is 1. The van der Waals surface area contributed by atoms with E-state index in [1.165, 1.54) is 0 Å². The lowest BCUT2D eigenvalue weighted by molar-refractivity contribution is 0.433. The second-order valence-electron chi connectivity index (χ2n) is 2.88. The van der Waals surface area contributed by atoms with Crippen molar-refractivity contribution in [3.8, 4) is 0 Å². The van der Waals surface area contributed by atoms with Crippen LogP contribution < -0.4 is 5.73 Å². The normalized spacial score (nSPS) is 10.5. The van der Waals surface area contributed by atoms with Gasteiger partial charge in [-0.15, -0.1) is 0 Å². The monoisotopic (exact) mass is 157 g/mol. The molecule has 0 bridgehead atoms. The number of nitrogens with zero attached hydrogens (tertiary/aromatic N) is 2. The van der Waals surface area contributed by atoms with E-state index in [-0.39, 0.29) is 0 Å². The molecule has 0 aromatic carbocycles. The zero-order chi connectivity index (χ0) is 8.69. The van der Waals surface area contributed by atoms with E-state index in [9.17, 15) is 0 Å². The summed E-state index contributed by atoms with van der Waals surface area (Å²) in [4.78, 5) is 4.14. The van der Waals surface area contributed by atoms with Crippen LogP contribution in [0.1, 0.15) is 6.42 Å². The maximum absolute atomic E-state index is 5.37. The molecule has 2 N–H and O–H groups in total. The van der Waals surface area contributed by atoms with Gasteiger partial charge in [0.05, 0.1) is 0 Å². The average Bonchev–Trinajstić information content (AvgIpc) is 1.97. The average molecular weight is 157 g/mol. The predicted octanol–water partition coefficient (Wildman–Crippen LogP) is 0.300. The van der Waals surface area contributed by atoms with Crippen molar-refractivity contribution in [1.82, 2.24) is 9.80 Å². The van der Waals surface area contributed by atoms with E-state index in [1.54, 1.807) is 0 Å². The van der Waals surface area contributed by atoms with E-state index in [4.69, 9.17) is 5.73 Å². The van der Waals surface area contributed by atoms with Crippen LogP contribution in [-0.4, -0.2) is 44.0 Å². The molecule has 0 atom stereocenters. The molecule has 0 saturated heterocycles. The Kier molecular flexibility index (Phi) is 5.65.